The fraction of sp³-hybridized carbons (Fsp3) is 0.182. The van der Waals surface area contributed by atoms with Crippen molar-refractivity contribution in [1.29, 1.82) is 0 Å². The fourth-order valence-corrected chi connectivity index (χ4v) is 3.35. The summed E-state index contributed by atoms with van der Waals surface area (Å²) in [5.74, 6) is -4.42. The number of thioether (sulfide) groups is 1. The van der Waals surface area contributed by atoms with Crippen LogP contribution in [0, 0.1) is 0 Å². The van der Waals surface area contributed by atoms with Crippen molar-refractivity contribution < 1.29 is 39.9 Å². The van der Waals surface area contributed by atoms with Crippen molar-refractivity contribution in [2.24, 2.45) is 0 Å². The zero-order chi connectivity index (χ0) is 24.3. The Morgan fingerprint density at radius 1 is 0.727 bits per heavy atom. The topological polar surface area (TPSA) is 21.3 Å². The summed E-state index contributed by atoms with van der Waals surface area (Å²) in [6.45, 7) is -0.0152. The van der Waals surface area contributed by atoms with E-state index in [0.29, 0.717) is 17.5 Å². The molecule has 0 unspecified atom stereocenters. The molecular weight excluding hydrogens is 478 g/mol. The molecule has 0 saturated carbocycles. The van der Waals surface area contributed by atoms with Crippen molar-refractivity contribution in [2.75, 3.05) is 5.32 Å². The van der Waals surface area contributed by atoms with Crippen LogP contribution >= 0.6 is 11.8 Å². The van der Waals surface area contributed by atoms with Crippen LogP contribution in [0.4, 0.5) is 40.8 Å². The zero-order valence-corrected chi connectivity index (χ0v) is 17.3. The van der Waals surface area contributed by atoms with Crippen LogP contribution in [0.3, 0.4) is 0 Å². The smallest absolute Gasteiger partial charge is 0.457 e. The number of benzene rings is 3. The van der Waals surface area contributed by atoms with Gasteiger partial charge in [0.05, 0.1) is 0 Å². The third-order valence-electron chi connectivity index (χ3n) is 4.27. The number of anilines is 1. The average molecular weight is 493 g/mol. The third-order valence-corrected chi connectivity index (χ3v) is 4.99. The van der Waals surface area contributed by atoms with Gasteiger partial charge in [-0.05, 0) is 65.9 Å². The summed E-state index contributed by atoms with van der Waals surface area (Å²) in [6.07, 6.45) is -5.69. The van der Waals surface area contributed by atoms with Gasteiger partial charge in [-0.25, -0.2) is 0 Å². The Kier molecular flexibility index (Phi) is 7.11. The molecule has 176 valence electrons. The van der Waals surface area contributed by atoms with Gasteiger partial charge in [0.2, 0.25) is 0 Å². The van der Waals surface area contributed by atoms with Crippen LogP contribution < -0.4 is 10.1 Å². The summed E-state index contributed by atoms with van der Waals surface area (Å²) in [6, 6.07) is 15.7. The molecule has 0 atom stereocenters. The number of alkyl halides is 8. The van der Waals surface area contributed by atoms with Gasteiger partial charge in [-0.3, -0.25) is 0 Å². The Balaban J connectivity index is 1.62. The molecule has 1 N–H and O–H groups in total. The highest BCUT2D eigenvalue weighted by Gasteiger charge is 2.58. The molecule has 0 aliphatic heterocycles. The minimum absolute atomic E-state index is 0.0152. The van der Waals surface area contributed by atoms with Gasteiger partial charge in [-0.1, -0.05) is 24.3 Å². The highest BCUT2D eigenvalue weighted by atomic mass is 32.2. The second kappa shape index (κ2) is 9.50. The van der Waals surface area contributed by atoms with Crippen molar-refractivity contribution in [3.63, 3.8) is 0 Å². The maximum absolute atomic E-state index is 13.5. The van der Waals surface area contributed by atoms with E-state index in [2.05, 4.69) is 5.32 Å². The first-order valence-electron chi connectivity index (χ1n) is 9.25. The van der Waals surface area contributed by atoms with Crippen LogP contribution in [0.25, 0.3) is 0 Å². The monoisotopic (exact) mass is 493 g/mol. The molecule has 0 aliphatic rings. The van der Waals surface area contributed by atoms with E-state index in [9.17, 15) is 35.1 Å². The number of ether oxygens (including phenoxy) is 1. The van der Waals surface area contributed by atoms with Crippen LogP contribution in [0.2, 0.25) is 0 Å². The summed E-state index contributed by atoms with van der Waals surface area (Å²) in [5, 5.41) is 2.89. The maximum Gasteiger partial charge on any atom is 0.458 e. The normalized spacial score (nSPS) is 12.5. The molecule has 3 rings (SSSR count). The Hall–Kier alpha value is -2.95. The molecule has 0 fully saturated rings. The van der Waals surface area contributed by atoms with Crippen molar-refractivity contribution >= 4 is 17.4 Å². The van der Waals surface area contributed by atoms with E-state index in [1.54, 1.807) is 12.1 Å². The minimum atomic E-state index is -5.69. The maximum atomic E-state index is 13.5. The van der Waals surface area contributed by atoms with E-state index in [0.717, 1.165) is 12.1 Å². The molecule has 3 aromatic rings. The molecule has 11 heteroatoms. The molecule has 33 heavy (non-hydrogen) atoms. The van der Waals surface area contributed by atoms with Gasteiger partial charge in [0.1, 0.15) is 11.5 Å². The van der Waals surface area contributed by atoms with E-state index < -0.39 is 23.2 Å². The van der Waals surface area contributed by atoms with Gasteiger partial charge in [-0.2, -0.15) is 35.1 Å². The summed E-state index contributed by atoms with van der Waals surface area (Å²) in [4.78, 5) is -0.0309. The molecule has 0 heterocycles. The highest BCUT2D eigenvalue weighted by molar-refractivity contribution is 8.00. The van der Waals surface area contributed by atoms with Crippen molar-refractivity contribution in [3.8, 4) is 11.5 Å². The lowest BCUT2D eigenvalue weighted by Gasteiger charge is -2.20. The first-order valence-corrected chi connectivity index (χ1v) is 10.1. The van der Waals surface area contributed by atoms with Crippen molar-refractivity contribution in [1.82, 2.24) is 0 Å². The lowest BCUT2D eigenvalue weighted by Crippen LogP contribution is -2.33. The van der Waals surface area contributed by atoms with Crippen LogP contribution in [-0.4, -0.2) is 11.7 Å². The molecule has 0 radical (unpaired) electrons. The largest absolute Gasteiger partial charge is 0.458 e. The van der Waals surface area contributed by atoms with Crippen LogP contribution in [-0.2, 0) is 12.5 Å². The molecule has 0 bridgehead atoms. The minimum Gasteiger partial charge on any atom is -0.457 e. The molecule has 0 aromatic heterocycles. The van der Waals surface area contributed by atoms with Crippen LogP contribution in [0.5, 0.6) is 11.5 Å². The first-order chi connectivity index (χ1) is 15.3. The second-order valence-electron chi connectivity index (χ2n) is 6.78. The second-order valence-corrected chi connectivity index (χ2v) is 7.91. The zero-order valence-electron chi connectivity index (χ0n) is 16.5. The number of hydrogen-bond acceptors (Lipinski definition) is 3. The molecule has 2 nitrogen and oxygen atoms in total. The number of hydrogen-bond donors (Lipinski definition) is 1. The molecule has 0 saturated heterocycles. The van der Waals surface area contributed by atoms with Gasteiger partial charge in [0.25, 0.3) is 0 Å². The van der Waals surface area contributed by atoms with E-state index in [4.69, 9.17) is 4.74 Å². The summed E-state index contributed by atoms with van der Waals surface area (Å²) >= 11 is -0.263. The van der Waals surface area contributed by atoms with Crippen LogP contribution in [0.1, 0.15) is 11.1 Å². The molecule has 0 aliphatic carbocycles. The Morgan fingerprint density at radius 3 is 2.03 bits per heavy atom. The van der Waals surface area contributed by atoms with E-state index in [-0.39, 0.29) is 34.5 Å². The lowest BCUT2D eigenvalue weighted by atomic mass is 10.0. The highest BCUT2D eigenvalue weighted by Crippen LogP contribution is 2.44. The Bertz CT molecular complexity index is 1080. The van der Waals surface area contributed by atoms with Gasteiger partial charge in [-0.15, -0.1) is 0 Å². The molecular formula is C22H15F8NOS. The summed E-state index contributed by atoms with van der Waals surface area (Å²) < 4.78 is 108. The molecule has 3 aromatic carbocycles. The third kappa shape index (κ3) is 6.77. The predicted octanol–water partition coefficient (Wildman–Crippen LogP) is 8.36. The number of rotatable bonds is 7. The van der Waals surface area contributed by atoms with E-state index in [1.165, 1.54) is 42.5 Å². The number of nitrogens with one attached hydrogen (secondary N) is 1. The molecule has 0 amide bonds. The Morgan fingerprint density at radius 2 is 1.39 bits per heavy atom. The quantitative estimate of drug-likeness (QED) is 0.264. The van der Waals surface area contributed by atoms with Gasteiger partial charge in [0, 0.05) is 22.7 Å². The van der Waals surface area contributed by atoms with Gasteiger partial charge >= 0.3 is 17.6 Å². The Labute approximate surface area is 187 Å². The van der Waals surface area contributed by atoms with E-state index >= 15 is 0 Å². The van der Waals surface area contributed by atoms with E-state index in [1.807, 2.05) is 0 Å². The van der Waals surface area contributed by atoms with Crippen LogP contribution in [0.15, 0.2) is 77.7 Å². The van der Waals surface area contributed by atoms with Gasteiger partial charge in [0.15, 0.2) is 0 Å². The van der Waals surface area contributed by atoms with Crippen molar-refractivity contribution in [2.45, 2.75) is 29.0 Å². The summed E-state index contributed by atoms with van der Waals surface area (Å²) in [5.41, 5.74) is -4.83. The summed E-state index contributed by atoms with van der Waals surface area (Å²) in [7, 11) is 0. The number of halogens is 8. The van der Waals surface area contributed by atoms with Crippen molar-refractivity contribution in [3.05, 3.63) is 83.9 Å². The first kappa shape index (κ1) is 24.7. The average Bonchev–Trinajstić information content (AvgIpc) is 2.72. The predicted molar refractivity (Wildman–Crippen MR) is 109 cm³/mol. The standard InChI is InChI=1S/C22H15F8NOS/c23-20(24,21(25,26)27)15-4-1-3-14(11-15)13-31-16-7-9-17(10-8-16)32-18-5-2-6-19(12-18)33-22(28,29)30/h1-12,31H,13H2. The SMILES string of the molecule is FC(F)(F)Sc1cccc(Oc2ccc(NCc3cccc(C(F)(F)C(F)(F)F)c3)cc2)c1. The molecule has 0 spiro atoms. The lowest BCUT2D eigenvalue weighted by molar-refractivity contribution is -0.289. The van der Waals surface area contributed by atoms with Gasteiger partial charge < -0.3 is 10.1 Å². The fourth-order valence-electron chi connectivity index (χ4n) is 2.76.